The zero-order chi connectivity index (χ0) is 21.5. The van der Waals surface area contributed by atoms with Gasteiger partial charge in [-0.15, -0.1) is 5.10 Å². The summed E-state index contributed by atoms with van der Waals surface area (Å²) in [4.78, 5) is 25.3. The molecule has 5 aromatic rings. The Labute approximate surface area is 181 Å². The molecule has 31 heavy (non-hydrogen) atoms. The minimum atomic E-state index is -0.412. The number of anilines is 1. The zero-order valence-electron chi connectivity index (χ0n) is 16.5. The highest BCUT2D eigenvalue weighted by atomic mass is 35.5. The first-order valence-electron chi connectivity index (χ1n) is 9.58. The topological polar surface area (TPSA) is 85.7 Å². The maximum atomic E-state index is 12.8. The smallest absolute Gasteiger partial charge is 0.323 e. The largest absolute Gasteiger partial charge is 0.350 e. The van der Waals surface area contributed by atoms with Gasteiger partial charge in [-0.1, -0.05) is 48.0 Å². The van der Waals surface area contributed by atoms with Gasteiger partial charge in [0.2, 0.25) is 5.91 Å². The Morgan fingerprint density at radius 2 is 1.87 bits per heavy atom. The van der Waals surface area contributed by atoms with Crippen LogP contribution in [0.5, 0.6) is 0 Å². The average Bonchev–Trinajstić information content (AvgIpc) is 3.33. The van der Waals surface area contributed by atoms with Crippen molar-refractivity contribution in [3.63, 3.8) is 0 Å². The predicted octanol–water partition coefficient (Wildman–Crippen LogP) is 3.41. The number of nitrogens with zero attached hydrogens (tertiary/aromatic N) is 5. The molecule has 154 valence electrons. The van der Waals surface area contributed by atoms with Crippen LogP contribution in [0.4, 0.5) is 5.69 Å². The molecule has 0 aliphatic carbocycles. The minimum Gasteiger partial charge on any atom is -0.323 e. The molecule has 5 rings (SSSR count). The quantitative estimate of drug-likeness (QED) is 0.471. The van der Waals surface area contributed by atoms with Gasteiger partial charge in [0, 0.05) is 18.0 Å². The molecular weight excluding hydrogens is 416 g/mol. The summed E-state index contributed by atoms with van der Waals surface area (Å²) < 4.78 is 4.19. The van der Waals surface area contributed by atoms with Gasteiger partial charge in [0.15, 0.2) is 5.65 Å². The molecule has 3 aromatic heterocycles. The van der Waals surface area contributed by atoms with Crippen LogP contribution in [0, 0.1) is 6.92 Å². The fraction of sp³-hybridized carbons (Fsp3) is 0.0909. The normalized spacial score (nSPS) is 11.3. The summed E-state index contributed by atoms with van der Waals surface area (Å²) in [6.45, 7) is 1.67. The molecular formula is C22H17ClN6O2. The van der Waals surface area contributed by atoms with Crippen LogP contribution in [0.3, 0.4) is 0 Å². The number of amides is 1. The molecule has 0 saturated carbocycles. The Morgan fingerprint density at radius 1 is 1.06 bits per heavy atom. The van der Waals surface area contributed by atoms with E-state index in [1.54, 1.807) is 29.0 Å². The number of carbonyl (C=O) groups excluding carboxylic acids is 1. The van der Waals surface area contributed by atoms with Gasteiger partial charge in [-0.2, -0.15) is 5.10 Å². The Morgan fingerprint density at radius 3 is 2.65 bits per heavy atom. The first-order valence-corrected chi connectivity index (χ1v) is 9.96. The second-order valence-corrected chi connectivity index (χ2v) is 7.60. The molecule has 0 unspecified atom stereocenters. The number of nitrogens with one attached hydrogen (secondary N) is 1. The van der Waals surface area contributed by atoms with Crippen LogP contribution >= 0.6 is 11.6 Å². The molecule has 0 saturated heterocycles. The summed E-state index contributed by atoms with van der Waals surface area (Å²) in [7, 11) is 0. The summed E-state index contributed by atoms with van der Waals surface area (Å²) in [6.07, 6.45) is 3.28. The summed E-state index contributed by atoms with van der Waals surface area (Å²) in [6, 6.07) is 16.9. The van der Waals surface area contributed by atoms with Crippen LogP contribution in [0.15, 0.2) is 71.8 Å². The van der Waals surface area contributed by atoms with E-state index in [0.717, 1.165) is 21.5 Å². The van der Waals surface area contributed by atoms with Gasteiger partial charge in [-0.05, 0) is 30.7 Å². The average molecular weight is 433 g/mol. The van der Waals surface area contributed by atoms with Crippen molar-refractivity contribution in [2.45, 2.75) is 13.5 Å². The minimum absolute atomic E-state index is 0.240. The second-order valence-electron chi connectivity index (χ2n) is 7.19. The molecule has 0 aliphatic rings. The lowest BCUT2D eigenvalue weighted by Crippen LogP contribution is -2.28. The molecule has 0 aliphatic heterocycles. The summed E-state index contributed by atoms with van der Waals surface area (Å²) >= 11 is 6.18. The van der Waals surface area contributed by atoms with Gasteiger partial charge in [-0.3, -0.25) is 4.79 Å². The van der Waals surface area contributed by atoms with Gasteiger partial charge in [0.05, 0.1) is 16.4 Å². The second kappa shape index (κ2) is 7.41. The van der Waals surface area contributed by atoms with Crippen LogP contribution in [-0.4, -0.2) is 29.7 Å². The lowest BCUT2D eigenvalue weighted by molar-refractivity contribution is -0.117. The number of fused-ring (bicyclic) bond motifs is 3. The number of halogens is 1. The molecule has 0 radical (unpaired) electrons. The molecule has 8 nitrogen and oxygen atoms in total. The molecule has 0 spiro atoms. The Bertz CT molecular complexity index is 1500. The van der Waals surface area contributed by atoms with Crippen LogP contribution in [0.25, 0.3) is 22.4 Å². The van der Waals surface area contributed by atoms with E-state index < -0.39 is 11.6 Å². The highest BCUT2D eigenvalue weighted by Gasteiger charge is 2.16. The van der Waals surface area contributed by atoms with E-state index >= 15 is 0 Å². The summed E-state index contributed by atoms with van der Waals surface area (Å²) in [5.74, 6) is -0.397. The number of aryl methyl sites for hydroxylation is 1. The van der Waals surface area contributed by atoms with Crippen molar-refractivity contribution >= 4 is 34.4 Å². The van der Waals surface area contributed by atoms with Crippen molar-refractivity contribution in [2.24, 2.45) is 0 Å². The van der Waals surface area contributed by atoms with Crippen molar-refractivity contribution in [3.05, 3.63) is 88.1 Å². The number of carbonyl (C=O) groups is 1. The van der Waals surface area contributed by atoms with Crippen LogP contribution in [-0.2, 0) is 11.3 Å². The zero-order valence-corrected chi connectivity index (χ0v) is 17.2. The van der Waals surface area contributed by atoms with Crippen molar-refractivity contribution in [2.75, 3.05) is 5.32 Å². The van der Waals surface area contributed by atoms with E-state index in [1.165, 1.54) is 4.40 Å². The molecule has 0 fully saturated rings. The van der Waals surface area contributed by atoms with Crippen LogP contribution in [0.1, 0.15) is 5.56 Å². The number of aromatic nitrogens is 5. The van der Waals surface area contributed by atoms with Crippen molar-refractivity contribution in [3.8, 4) is 11.3 Å². The fourth-order valence-corrected chi connectivity index (χ4v) is 3.72. The van der Waals surface area contributed by atoms with E-state index in [9.17, 15) is 9.59 Å². The summed E-state index contributed by atoms with van der Waals surface area (Å²) in [5.41, 5.74) is 3.87. The van der Waals surface area contributed by atoms with Gasteiger partial charge >= 0.3 is 5.69 Å². The third-order valence-electron chi connectivity index (χ3n) is 4.95. The molecule has 1 amide bonds. The molecule has 0 bridgehead atoms. The number of hydrogen-bond donors (Lipinski definition) is 1. The van der Waals surface area contributed by atoms with Crippen LogP contribution in [0.2, 0.25) is 5.02 Å². The standard InChI is InChI=1S/C22H17ClN6O2/c1-14-7-8-17(16(23)11-14)24-20(30)13-29-22(31)27-9-10-28-19(21(27)26-29)12-18(25-28)15-5-3-2-4-6-15/h2-12H,13H2,1H3,(H,24,30). The number of hydrogen-bond acceptors (Lipinski definition) is 4. The molecule has 3 heterocycles. The SMILES string of the molecule is Cc1ccc(NC(=O)Cn2nc3c4cc(-c5ccccc5)nn4ccn3c2=O)c(Cl)c1. The maximum absolute atomic E-state index is 12.8. The fourth-order valence-electron chi connectivity index (χ4n) is 3.43. The Hall–Kier alpha value is -3.91. The van der Waals surface area contributed by atoms with E-state index in [4.69, 9.17) is 11.6 Å². The molecule has 2 aromatic carbocycles. The van der Waals surface area contributed by atoms with Gasteiger partial charge in [0.25, 0.3) is 0 Å². The Kier molecular flexibility index (Phi) is 4.56. The number of benzene rings is 2. The van der Waals surface area contributed by atoms with Crippen molar-refractivity contribution in [1.29, 1.82) is 0 Å². The summed E-state index contributed by atoms with van der Waals surface area (Å²) in [5, 5.41) is 12.1. The van der Waals surface area contributed by atoms with E-state index in [2.05, 4.69) is 15.5 Å². The Balaban J connectivity index is 1.49. The highest BCUT2D eigenvalue weighted by Crippen LogP contribution is 2.23. The lowest BCUT2D eigenvalue weighted by atomic mass is 10.1. The predicted molar refractivity (Wildman–Crippen MR) is 118 cm³/mol. The van der Waals surface area contributed by atoms with Gasteiger partial charge < -0.3 is 5.32 Å². The van der Waals surface area contributed by atoms with E-state index in [-0.39, 0.29) is 6.54 Å². The monoisotopic (exact) mass is 432 g/mol. The third-order valence-corrected chi connectivity index (χ3v) is 5.27. The van der Waals surface area contributed by atoms with Crippen LogP contribution < -0.4 is 11.0 Å². The lowest BCUT2D eigenvalue weighted by Gasteiger charge is -2.07. The van der Waals surface area contributed by atoms with Gasteiger partial charge in [0.1, 0.15) is 12.1 Å². The number of rotatable bonds is 4. The van der Waals surface area contributed by atoms with E-state index in [0.29, 0.717) is 21.9 Å². The first kappa shape index (κ1) is 19.1. The van der Waals surface area contributed by atoms with E-state index in [1.807, 2.05) is 49.4 Å². The maximum Gasteiger partial charge on any atom is 0.350 e. The highest BCUT2D eigenvalue weighted by molar-refractivity contribution is 6.33. The van der Waals surface area contributed by atoms with Crippen molar-refractivity contribution in [1.82, 2.24) is 23.8 Å². The molecule has 1 N–H and O–H groups in total. The van der Waals surface area contributed by atoms with Gasteiger partial charge in [-0.25, -0.2) is 18.4 Å². The van der Waals surface area contributed by atoms with Crippen molar-refractivity contribution < 1.29 is 4.79 Å². The molecule has 9 heteroatoms. The third kappa shape index (κ3) is 3.47. The first-order chi connectivity index (χ1) is 15.0. The molecule has 0 atom stereocenters.